The molecular formula is C9H6BrF4NO2. The van der Waals surface area contributed by atoms with Crippen LogP contribution in [0.1, 0.15) is 33.7 Å². The number of pyridine rings is 1. The van der Waals surface area contributed by atoms with Crippen LogP contribution in [-0.2, 0) is 4.83 Å². The number of halogens is 5. The van der Waals surface area contributed by atoms with E-state index in [2.05, 4.69) is 4.98 Å². The molecule has 0 saturated carbocycles. The molecule has 0 radical (unpaired) electrons. The number of aryl methyl sites for hydroxylation is 1. The summed E-state index contributed by atoms with van der Waals surface area (Å²) in [6.45, 7) is 1.15. The molecule has 0 saturated heterocycles. The Morgan fingerprint density at radius 3 is 2.41 bits per heavy atom. The van der Waals surface area contributed by atoms with E-state index in [9.17, 15) is 22.4 Å². The van der Waals surface area contributed by atoms with E-state index in [4.69, 9.17) is 5.11 Å². The summed E-state index contributed by atoms with van der Waals surface area (Å²) in [6, 6.07) is 0.754. The average molecular weight is 316 g/mol. The summed E-state index contributed by atoms with van der Waals surface area (Å²) in [5.74, 6) is -1.63. The molecule has 0 spiro atoms. The second-order valence-electron chi connectivity index (χ2n) is 3.19. The summed E-state index contributed by atoms with van der Waals surface area (Å²) >= 11 is 1.98. The van der Waals surface area contributed by atoms with Crippen molar-refractivity contribution in [2.75, 3.05) is 0 Å². The lowest BCUT2D eigenvalue weighted by atomic mass is 10.1. The molecule has 17 heavy (non-hydrogen) atoms. The summed E-state index contributed by atoms with van der Waals surface area (Å²) in [7, 11) is 0. The maximum atomic E-state index is 12.9. The number of rotatable bonds is 3. The Bertz CT molecular complexity index is 459. The second kappa shape index (κ2) is 4.59. The van der Waals surface area contributed by atoms with Crippen molar-refractivity contribution in [3.63, 3.8) is 0 Å². The maximum Gasteiger partial charge on any atom is 0.343 e. The molecule has 0 unspecified atom stereocenters. The van der Waals surface area contributed by atoms with Crippen molar-refractivity contribution in [2.45, 2.75) is 18.2 Å². The van der Waals surface area contributed by atoms with Crippen molar-refractivity contribution >= 4 is 21.9 Å². The lowest BCUT2D eigenvalue weighted by Crippen LogP contribution is -2.14. The van der Waals surface area contributed by atoms with Crippen LogP contribution in [-0.4, -0.2) is 16.1 Å². The maximum absolute atomic E-state index is 12.9. The number of hydrogen-bond donors (Lipinski definition) is 1. The van der Waals surface area contributed by atoms with Crippen LogP contribution in [0, 0.1) is 6.92 Å². The van der Waals surface area contributed by atoms with Crippen molar-refractivity contribution in [3.05, 3.63) is 28.6 Å². The van der Waals surface area contributed by atoms with Crippen LogP contribution in [0.3, 0.4) is 0 Å². The van der Waals surface area contributed by atoms with Gasteiger partial charge in [0.15, 0.2) is 0 Å². The number of alkyl halides is 5. The number of aromatic carboxylic acids is 1. The number of hydrogen-bond acceptors (Lipinski definition) is 2. The highest BCUT2D eigenvalue weighted by molar-refractivity contribution is 9.09. The summed E-state index contributed by atoms with van der Waals surface area (Å²) in [5, 5.41) is 8.72. The Kier molecular flexibility index (Phi) is 3.75. The zero-order valence-electron chi connectivity index (χ0n) is 8.35. The molecule has 1 rings (SSSR count). The van der Waals surface area contributed by atoms with Gasteiger partial charge in [-0.25, -0.2) is 18.6 Å². The minimum absolute atomic E-state index is 0.197. The highest BCUT2D eigenvalue weighted by Gasteiger charge is 2.33. The largest absolute Gasteiger partial charge is 0.478 e. The van der Waals surface area contributed by atoms with Crippen LogP contribution in [0.15, 0.2) is 6.07 Å². The fraction of sp³-hybridized carbons (Fsp3) is 0.333. The number of carbonyl (C=O) groups is 1. The van der Waals surface area contributed by atoms with E-state index in [1.807, 2.05) is 15.9 Å². The van der Waals surface area contributed by atoms with E-state index in [-0.39, 0.29) is 5.56 Å². The van der Waals surface area contributed by atoms with Crippen molar-refractivity contribution in [1.82, 2.24) is 4.98 Å². The van der Waals surface area contributed by atoms with Gasteiger partial charge in [0.25, 0.3) is 6.43 Å². The second-order valence-corrected chi connectivity index (χ2v) is 4.18. The molecule has 94 valence electrons. The SMILES string of the molecule is Cc1cc(C(F)(F)Br)nc(C(F)F)c1C(=O)O. The molecule has 0 aromatic carbocycles. The topological polar surface area (TPSA) is 50.2 Å². The van der Waals surface area contributed by atoms with Gasteiger partial charge in [0.2, 0.25) is 0 Å². The van der Waals surface area contributed by atoms with Gasteiger partial charge >= 0.3 is 10.8 Å². The van der Waals surface area contributed by atoms with Gasteiger partial charge in [-0.1, -0.05) is 0 Å². The fourth-order valence-electron chi connectivity index (χ4n) is 1.28. The van der Waals surface area contributed by atoms with Gasteiger partial charge in [0.1, 0.15) is 11.4 Å². The minimum Gasteiger partial charge on any atom is -0.478 e. The summed E-state index contributed by atoms with van der Waals surface area (Å²) < 4.78 is 50.8. The third-order valence-corrected chi connectivity index (χ3v) is 2.36. The predicted octanol–water partition coefficient (Wildman–Crippen LogP) is 3.47. The molecule has 1 aromatic heterocycles. The summed E-state index contributed by atoms with van der Waals surface area (Å²) in [4.78, 5) is 10.1. The Labute approximate surface area is 102 Å². The monoisotopic (exact) mass is 315 g/mol. The van der Waals surface area contributed by atoms with E-state index < -0.39 is 34.2 Å². The van der Waals surface area contributed by atoms with E-state index in [0.29, 0.717) is 0 Å². The molecule has 0 aliphatic heterocycles. The van der Waals surface area contributed by atoms with Gasteiger partial charge in [-0.05, 0) is 34.5 Å². The first-order valence-corrected chi connectivity index (χ1v) is 5.04. The Balaban J connectivity index is 3.52. The Morgan fingerprint density at radius 1 is 1.53 bits per heavy atom. The highest BCUT2D eigenvalue weighted by atomic mass is 79.9. The van der Waals surface area contributed by atoms with Crippen LogP contribution >= 0.6 is 15.9 Å². The summed E-state index contributed by atoms with van der Waals surface area (Å²) in [6.07, 6.45) is -3.24. The number of carboxylic acid groups (broad SMARTS) is 1. The molecule has 8 heteroatoms. The molecule has 0 fully saturated rings. The molecule has 0 aliphatic rings. The van der Waals surface area contributed by atoms with Crippen molar-refractivity contribution in [2.24, 2.45) is 0 Å². The van der Waals surface area contributed by atoms with Crippen molar-refractivity contribution in [3.8, 4) is 0 Å². The van der Waals surface area contributed by atoms with Crippen LogP contribution < -0.4 is 0 Å². The predicted molar refractivity (Wildman–Crippen MR) is 53.7 cm³/mol. The van der Waals surface area contributed by atoms with Gasteiger partial charge in [0, 0.05) is 0 Å². The zero-order valence-corrected chi connectivity index (χ0v) is 9.93. The third kappa shape index (κ3) is 2.93. The molecule has 0 bridgehead atoms. The first kappa shape index (κ1) is 13.9. The van der Waals surface area contributed by atoms with Gasteiger partial charge in [-0.15, -0.1) is 0 Å². The molecule has 1 heterocycles. The molecule has 1 N–H and O–H groups in total. The van der Waals surface area contributed by atoms with E-state index >= 15 is 0 Å². The molecule has 0 atom stereocenters. The van der Waals surface area contributed by atoms with Crippen LogP contribution in [0.25, 0.3) is 0 Å². The Morgan fingerprint density at radius 2 is 2.06 bits per heavy atom. The zero-order chi connectivity index (χ0) is 13.4. The van der Waals surface area contributed by atoms with Gasteiger partial charge < -0.3 is 5.11 Å². The molecule has 0 aliphatic carbocycles. The van der Waals surface area contributed by atoms with Gasteiger partial charge in [0.05, 0.1) is 5.56 Å². The van der Waals surface area contributed by atoms with Gasteiger partial charge in [-0.3, -0.25) is 0 Å². The normalized spacial score (nSPS) is 11.9. The number of aromatic nitrogens is 1. The molecule has 1 aromatic rings. The van der Waals surface area contributed by atoms with Crippen LogP contribution in [0.5, 0.6) is 0 Å². The van der Waals surface area contributed by atoms with E-state index in [0.717, 1.165) is 13.0 Å². The number of nitrogens with zero attached hydrogens (tertiary/aromatic N) is 1. The fourth-order valence-corrected chi connectivity index (χ4v) is 1.48. The third-order valence-electron chi connectivity index (χ3n) is 1.96. The lowest BCUT2D eigenvalue weighted by molar-refractivity contribution is 0.0677. The van der Waals surface area contributed by atoms with Crippen molar-refractivity contribution in [1.29, 1.82) is 0 Å². The first-order valence-electron chi connectivity index (χ1n) is 4.24. The quantitative estimate of drug-likeness (QED) is 0.686. The van der Waals surface area contributed by atoms with Crippen LogP contribution in [0.4, 0.5) is 17.6 Å². The van der Waals surface area contributed by atoms with Crippen molar-refractivity contribution < 1.29 is 27.5 Å². The van der Waals surface area contributed by atoms with Crippen LogP contribution in [0.2, 0.25) is 0 Å². The van der Waals surface area contributed by atoms with E-state index in [1.54, 1.807) is 0 Å². The first-order chi connectivity index (χ1) is 7.64. The smallest absolute Gasteiger partial charge is 0.343 e. The molecule has 3 nitrogen and oxygen atoms in total. The number of carboxylic acids is 1. The average Bonchev–Trinajstić information content (AvgIpc) is 2.13. The highest BCUT2D eigenvalue weighted by Crippen LogP contribution is 2.36. The minimum atomic E-state index is -3.58. The molecule has 0 amide bonds. The van der Waals surface area contributed by atoms with E-state index in [1.165, 1.54) is 0 Å². The molecular weight excluding hydrogens is 310 g/mol. The summed E-state index contributed by atoms with van der Waals surface area (Å²) in [5.41, 5.74) is -3.06. The Hall–Kier alpha value is -1.18. The standard InChI is InChI=1S/C9H6BrF4NO2/c1-3-2-4(9(10,13)14)15-6(7(11)12)5(3)8(16)17/h2,7H,1H3,(H,16,17). The van der Waals surface area contributed by atoms with Gasteiger partial charge in [-0.2, -0.15) is 8.78 Å². The lowest BCUT2D eigenvalue weighted by Gasteiger charge is -2.13.